The van der Waals surface area contributed by atoms with Crippen molar-refractivity contribution in [3.8, 4) is 0 Å². The van der Waals surface area contributed by atoms with Crippen LogP contribution in [0.3, 0.4) is 0 Å². The van der Waals surface area contributed by atoms with Gasteiger partial charge in [-0.3, -0.25) is 29.8 Å². The predicted octanol–water partition coefficient (Wildman–Crippen LogP) is 3.63. The molecule has 4 aromatic rings. The number of benzene rings is 2. The van der Waals surface area contributed by atoms with E-state index in [2.05, 4.69) is 25.6 Å². The number of nitrogens with zero attached hydrogens (tertiary/aromatic N) is 5. The van der Waals surface area contributed by atoms with E-state index in [4.69, 9.17) is 0 Å². The van der Waals surface area contributed by atoms with Gasteiger partial charge in [-0.1, -0.05) is 0 Å². The van der Waals surface area contributed by atoms with Crippen molar-refractivity contribution in [3.05, 3.63) is 104 Å². The van der Waals surface area contributed by atoms with Crippen molar-refractivity contribution in [2.24, 2.45) is 7.05 Å². The first-order valence-corrected chi connectivity index (χ1v) is 11.3. The number of aromatic nitrogens is 4. The highest BCUT2D eigenvalue weighted by atomic mass is 16.6. The molecule has 0 spiro atoms. The number of H-pyrrole nitrogens is 1. The Bertz CT molecular complexity index is 1720. The minimum Gasteiger partial charge on any atom is -0.345 e. The number of carbonyl (C=O) groups is 2. The van der Waals surface area contributed by atoms with Gasteiger partial charge in [-0.25, -0.2) is 9.97 Å². The van der Waals surface area contributed by atoms with E-state index in [9.17, 15) is 29.8 Å². The molecule has 39 heavy (non-hydrogen) atoms. The van der Waals surface area contributed by atoms with E-state index in [-0.39, 0.29) is 23.2 Å². The van der Waals surface area contributed by atoms with Gasteiger partial charge in [-0.05, 0) is 24.3 Å². The van der Waals surface area contributed by atoms with Gasteiger partial charge < -0.3 is 20.2 Å². The molecule has 4 heterocycles. The quantitative estimate of drug-likeness (QED) is 0.204. The fraction of sp³-hybridized carbons (Fsp3) is 0.0400. The maximum Gasteiger partial charge on any atom is 0.270 e. The average molecular weight is 526 g/mol. The Kier molecular flexibility index (Phi) is 6.26. The van der Waals surface area contributed by atoms with E-state index in [1.165, 1.54) is 42.7 Å². The molecule has 0 radical (unpaired) electrons. The van der Waals surface area contributed by atoms with E-state index < -0.39 is 9.85 Å². The Hall–Kier alpha value is -5.92. The van der Waals surface area contributed by atoms with Crippen LogP contribution in [-0.2, 0) is 16.6 Å². The van der Waals surface area contributed by atoms with Gasteiger partial charge in [-0.2, -0.15) is 0 Å². The maximum atomic E-state index is 11.9. The van der Waals surface area contributed by atoms with Gasteiger partial charge in [-0.15, -0.1) is 0 Å². The summed E-state index contributed by atoms with van der Waals surface area (Å²) in [5.74, 6) is -0.573. The summed E-state index contributed by atoms with van der Waals surface area (Å²) in [5, 5.41) is 26.9. The van der Waals surface area contributed by atoms with Gasteiger partial charge in [0.2, 0.25) is 0 Å². The second-order valence-corrected chi connectivity index (χ2v) is 8.47. The molecule has 0 saturated carbocycles. The topological polar surface area (TPSA) is 191 Å². The van der Waals surface area contributed by atoms with Crippen LogP contribution in [0.5, 0.6) is 0 Å². The molecule has 14 heteroatoms. The molecule has 2 aromatic carbocycles. The first-order valence-electron chi connectivity index (χ1n) is 11.3. The van der Waals surface area contributed by atoms with E-state index >= 15 is 0 Å². The number of fused-ring (bicyclic) bond motifs is 2. The third-order valence-corrected chi connectivity index (χ3v) is 5.83. The fourth-order valence-electron chi connectivity index (χ4n) is 4.02. The number of nitro benzene ring substituents is 2. The third kappa shape index (κ3) is 5.01. The average Bonchev–Trinajstić information content (AvgIpc) is 3.68. The summed E-state index contributed by atoms with van der Waals surface area (Å²) in [6.45, 7) is 0. The summed E-state index contributed by atoms with van der Waals surface area (Å²) in [6.07, 6.45) is 9.66. The fourth-order valence-corrected chi connectivity index (χ4v) is 4.02. The minimum atomic E-state index is -0.489. The highest BCUT2D eigenvalue weighted by molar-refractivity contribution is 6.35. The Morgan fingerprint density at radius 2 is 1.44 bits per heavy atom. The standard InChI is InChI=1S/C13H10N4O3.C12H8N4O3/c1-16-6-8(14-7-16)4-11-10-5-9(17(19)20)2-3-12(10)15-13(11)18;17-12-10(3-7-5-13-6-14-7)9-4-8(16(18)19)1-2-11(9)15-12/h2-7H,1H3,(H,15,18);1-6H,(H,13,14)(H,15,17)/b11-4-;10-3-. The van der Waals surface area contributed by atoms with Crippen LogP contribution in [-0.4, -0.2) is 41.2 Å². The molecule has 0 saturated heterocycles. The number of hydrogen-bond donors (Lipinski definition) is 3. The molecule has 194 valence electrons. The van der Waals surface area contributed by atoms with E-state index in [1.54, 1.807) is 35.4 Å². The zero-order valence-corrected chi connectivity index (χ0v) is 20.1. The van der Waals surface area contributed by atoms with E-state index in [0.717, 1.165) is 0 Å². The van der Waals surface area contributed by atoms with Crippen LogP contribution in [0, 0.1) is 20.2 Å². The lowest BCUT2D eigenvalue weighted by Gasteiger charge is -1.98. The molecular weight excluding hydrogens is 508 g/mol. The van der Waals surface area contributed by atoms with Gasteiger partial charge in [0.25, 0.3) is 23.2 Å². The SMILES string of the molecule is Cn1cnc(/C=C2\C(=O)Nc3ccc([N+](=O)[O-])cc32)c1.O=C1Nc2ccc([N+](=O)[O-])cc2/C1=C/c1cnc[nH]1. The number of anilines is 2. The molecule has 2 amide bonds. The van der Waals surface area contributed by atoms with Gasteiger partial charge in [0.1, 0.15) is 0 Å². The molecule has 0 fully saturated rings. The zero-order valence-electron chi connectivity index (χ0n) is 20.1. The number of carbonyl (C=O) groups excluding carboxylic acids is 2. The number of nitro groups is 2. The number of aryl methyl sites for hydroxylation is 1. The highest BCUT2D eigenvalue weighted by Gasteiger charge is 2.27. The van der Waals surface area contributed by atoms with Crippen LogP contribution in [0.15, 0.2) is 61.4 Å². The summed E-state index contributed by atoms with van der Waals surface area (Å²) in [6, 6.07) is 8.56. The zero-order chi connectivity index (χ0) is 27.7. The van der Waals surface area contributed by atoms with Crippen LogP contribution < -0.4 is 10.6 Å². The molecule has 3 N–H and O–H groups in total. The molecule has 2 aromatic heterocycles. The summed E-state index contributed by atoms with van der Waals surface area (Å²) in [4.78, 5) is 55.2. The molecule has 0 bridgehead atoms. The molecular formula is C25H18N8O6. The van der Waals surface area contributed by atoms with Crippen molar-refractivity contribution in [3.63, 3.8) is 0 Å². The monoisotopic (exact) mass is 526 g/mol. The molecule has 6 rings (SSSR count). The summed E-state index contributed by atoms with van der Waals surface area (Å²) in [7, 11) is 1.82. The van der Waals surface area contributed by atoms with Gasteiger partial charge in [0, 0.05) is 60.0 Å². The van der Waals surface area contributed by atoms with Gasteiger partial charge >= 0.3 is 0 Å². The Morgan fingerprint density at radius 1 is 0.872 bits per heavy atom. The lowest BCUT2D eigenvalue weighted by atomic mass is 10.1. The number of imidazole rings is 2. The van der Waals surface area contributed by atoms with E-state index in [0.29, 0.717) is 45.0 Å². The smallest absolute Gasteiger partial charge is 0.270 e. The first kappa shape index (κ1) is 24.8. The van der Waals surface area contributed by atoms with Crippen molar-refractivity contribution in [1.29, 1.82) is 0 Å². The van der Waals surface area contributed by atoms with Crippen molar-refractivity contribution in [2.45, 2.75) is 0 Å². The Morgan fingerprint density at radius 3 is 1.90 bits per heavy atom. The Balaban J connectivity index is 0.000000158. The van der Waals surface area contributed by atoms with Crippen molar-refractivity contribution in [1.82, 2.24) is 19.5 Å². The number of non-ortho nitro benzene ring substituents is 2. The second kappa shape index (κ2) is 9.85. The van der Waals surface area contributed by atoms with E-state index in [1.807, 2.05) is 7.05 Å². The maximum absolute atomic E-state index is 11.9. The molecule has 0 aliphatic carbocycles. The summed E-state index contributed by atoms with van der Waals surface area (Å²) < 4.78 is 1.76. The molecule has 2 aliphatic rings. The number of hydrogen-bond acceptors (Lipinski definition) is 8. The van der Waals surface area contributed by atoms with Crippen LogP contribution in [0.25, 0.3) is 23.3 Å². The number of aromatic amines is 1. The molecule has 0 unspecified atom stereocenters. The predicted molar refractivity (Wildman–Crippen MR) is 141 cm³/mol. The number of rotatable bonds is 4. The lowest BCUT2D eigenvalue weighted by molar-refractivity contribution is -0.385. The minimum absolute atomic E-state index is 0.0489. The van der Waals surface area contributed by atoms with Gasteiger partial charge in [0.15, 0.2) is 0 Å². The first-order chi connectivity index (χ1) is 18.7. The lowest BCUT2D eigenvalue weighted by Crippen LogP contribution is -2.03. The summed E-state index contributed by atoms with van der Waals surface area (Å²) >= 11 is 0. The number of amides is 2. The molecule has 14 nitrogen and oxygen atoms in total. The summed E-state index contributed by atoms with van der Waals surface area (Å²) in [5.41, 5.74) is 4.12. The van der Waals surface area contributed by atoms with Crippen molar-refractivity contribution in [2.75, 3.05) is 10.6 Å². The van der Waals surface area contributed by atoms with Crippen molar-refractivity contribution < 1.29 is 19.4 Å². The highest BCUT2D eigenvalue weighted by Crippen LogP contribution is 2.36. The molecule has 0 atom stereocenters. The van der Waals surface area contributed by atoms with Crippen LogP contribution in [0.1, 0.15) is 22.5 Å². The Labute approximate surface area is 219 Å². The van der Waals surface area contributed by atoms with Crippen LogP contribution >= 0.6 is 0 Å². The van der Waals surface area contributed by atoms with Crippen LogP contribution in [0.2, 0.25) is 0 Å². The van der Waals surface area contributed by atoms with Gasteiger partial charge in [0.05, 0.1) is 51.2 Å². The molecule has 2 aliphatic heterocycles. The second-order valence-electron chi connectivity index (χ2n) is 8.47. The third-order valence-electron chi connectivity index (χ3n) is 5.83. The normalized spacial score (nSPS) is 15.3. The number of nitrogens with one attached hydrogen (secondary N) is 3. The van der Waals surface area contributed by atoms with Crippen molar-refractivity contribution >= 4 is 57.9 Å². The van der Waals surface area contributed by atoms with Crippen LogP contribution in [0.4, 0.5) is 22.7 Å². The largest absolute Gasteiger partial charge is 0.345 e.